The number of nitrogens with zero attached hydrogens (tertiary/aromatic N) is 1. The first kappa shape index (κ1) is 19.7. The van der Waals surface area contributed by atoms with Crippen molar-refractivity contribution >= 4 is 21.6 Å². The lowest BCUT2D eigenvalue weighted by atomic mass is 10.1. The molecule has 0 radical (unpaired) electrons. The highest BCUT2D eigenvalue weighted by Crippen LogP contribution is 2.33. The molecule has 0 atom stereocenters. The highest BCUT2D eigenvalue weighted by molar-refractivity contribution is 7.89. The first-order valence-corrected chi connectivity index (χ1v) is 9.21. The minimum absolute atomic E-state index is 0.126. The Morgan fingerprint density at radius 3 is 2.04 bits per heavy atom. The minimum atomic E-state index is -3.53. The molecule has 1 N–H and O–H groups in total. The van der Waals surface area contributed by atoms with Crippen LogP contribution in [0.3, 0.4) is 0 Å². The largest absolute Gasteiger partial charge is 0.493 e. The van der Waals surface area contributed by atoms with Gasteiger partial charge in [-0.2, -0.15) is 0 Å². The van der Waals surface area contributed by atoms with Crippen molar-refractivity contribution in [3.05, 3.63) is 47.5 Å². The lowest BCUT2D eigenvalue weighted by Gasteiger charge is -2.14. The van der Waals surface area contributed by atoms with Crippen molar-refractivity contribution in [3.63, 3.8) is 0 Å². The Labute approximate surface area is 153 Å². The predicted molar refractivity (Wildman–Crippen MR) is 99.6 cm³/mol. The molecule has 140 valence electrons. The SMILES string of the molecule is COc1cc(C)c(NC(=O)c2ccc(S(=O)(=O)N(C)C)cc2)cc1OC. The number of anilines is 1. The minimum Gasteiger partial charge on any atom is -0.493 e. The Balaban J connectivity index is 2.26. The monoisotopic (exact) mass is 378 g/mol. The molecule has 1 amide bonds. The van der Waals surface area contributed by atoms with Gasteiger partial charge >= 0.3 is 0 Å². The fraction of sp³-hybridized carbons (Fsp3) is 0.278. The third-order valence-corrected chi connectivity index (χ3v) is 5.70. The summed E-state index contributed by atoms with van der Waals surface area (Å²) >= 11 is 0. The van der Waals surface area contributed by atoms with Gasteiger partial charge in [-0.3, -0.25) is 4.79 Å². The number of hydrogen-bond acceptors (Lipinski definition) is 5. The zero-order valence-electron chi connectivity index (χ0n) is 15.4. The molecule has 7 nitrogen and oxygen atoms in total. The van der Waals surface area contributed by atoms with Crippen LogP contribution in [0.15, 0.2) is 41.3 Å². The van der Waals surface area contributed by atoms with Crippen LogP contribution in [0.5, 0.6) is 11.5 Å². The van der Waals surface area contributed by atoms with Gasteiger partial charge in [0.15, 0.2) is 11.5 Å². The summed E-state index contributed by atoms with van der Waals surface area (Å²) in [5.41, 5.74) is 1.73. The standard InChI is InChI=1S/C18H22N2O5S/c1-12-10-16(24-4)17(25-5)11-15(12)19-18(21)13-6-8-14(9-7-13)26(22,23)20(2)3/h6-11H,1-5H3,(H,19,21). The number of hydrogen-bond donors (Lipinski definition) is 1. The molecule has 0 saturated carbocycles. The van der Waals surface area contributed by atoms with Crippen LogP contribution in [0.25, 0.3) is 0 Å². The summed E-state index contributed by atoms with van der Waals surface area (Å²) in [6.07, 6.45) is 0. The molecule has 2 rings (SSSR count). The number of carbonyl (C=O) groups is 1. The molecule has 0 fully saturated rings. The molecule has 2 aromatic carbocycles. The Morgan fingerprint density at radius 1 is 1.00 bits per heavy atom. The zero-order valence-corrected chi connectivity index (χ0v) is 16.2. The summed E-state index contributed by atoms with van der Waals surface area (Å²) in [6.45, 7) is 1.84. The number of ether oxygens (including phenoxy) is 2. The van der Waals surface area contributed by atoms with Crippen molar-refractivity contribution in [1.82, 2.24) is 4.31 Å². The van der Waals surface area contributed by atoms with Gasteiger partial charge in [-0.15, -0.1) is 0 Å². The Bertz CT molecular complexity index is 906. The van der Waals surface area contributed by atoms with Gasteiger partial charge in [-0.05, 0) is 42.8 Å². The topological polar surface area (TPSA) is 84.9 Å². The van der Waals surface area contributed by atoms with E-state index in [0.717, 1.165) is 9.87 Å². The smallest absolute Gasteiger partial charge is 0.255 e. The van der Waals surface area contributed by atoms with Crippen LogP contribution in [0.2, 0.25) is 0 Å². The lowest BCUT2D eigenvalue weighted by molar-refractivity contribution is 0.102. The number of methoxy groups -OCH3 is 2. The van der Waals surface area contributed by atoms with E-state index in [1.807, 2.05) is 6.92 Å². The molecular weight excluding hydrogens is 356 g/mol. The Hall–Kier alpha value is -2.58. The maximum absolute atomic E-state index is 12.5. The molecule has 0 heterocycles. The van der Waals surface area contributed by atoms with E-state index in [2.05, 4.69) is 5.32 Å². The fourth-order valence-electron chi connectivity index (χ4n) is 2.30. The van der Waals surface area contributed by atoms with Gasteiger partial charge in [0.25, 0.3) is 5.91 Å². The summed E-state index contributed by atoms with van der Waals surface area (Å²) in [6, 6.07) is 9.21. The molecule has 0 unspecified atom stereocenters. The summed E-state index contributed by atoms with van der Waals surface area (Å²) in [5, 5.41) is 2.80. The van der Waals surface area contributed by atoms with Crippen LogP contribution >= 0.6 is 0 Å². The van der Waals surface area contributed by atoms with E-state index >= 15 is 0 Å². The van der Waals surface area contributed by atoms with E-state index in [0.29, 0.717) is 22.7 Å². The van der Waals surface area contributed by atoms with E-state index in [1.165, 1.54) is 45.5 Å². The first-order chi connectivity index (χ1) is 12.2. The number of sulfonamides is 1. The van der Waals surface area contributed by atoms with E-state index in [-0.39, 0.29) is 10.8 Å². The Kier molecular flexibility index (Phi) is 5.89. The van der Waals surface area contributed by atoms with Crippen molar-refractivity contribution in [2.45, 2.75) is 11.8 Å². The van der Waals surface area contributed by atoms with Gasteiger partial charge in [-0.25, -0.2) is 12.7 Å². The van der Waals surface area contributed by atoms with E-state index in [4.69, 9.17) is 9.47 Å². The molecule has 0 saturated heterocycles. The third kappa shape index (κ3) is 3.97. The number of benzene rings is 2. The van der Waals surface area contributed by atoms with E-state index < -0.39 is 10.0 Å². The molecular formula is C18H22N2O5S. The van der Waals surface area contributed by atoms with Crippen molar-refractivity contribution in [3.8, 4) is 11.5 Å². The van der Waals surface area contributed by atoms with Crippen molar-refractivity contribution < 1.29 is 22.7 Å². The predicted octanol–water partition coefficient (Wildman–Crippen LogP) is 2.51. The molecule has 8 heteroatoms. The van der Waals surface area contributed by atoms with Crippen LogP contribution in [-0.4, -0.2) is 46.9 Å². The second kappa shape index (κ2) is 7.76. The van der Waals surface area contributed by atoms with Crippen LogP contribution in [0.1, 0.15) is 15.9 Å². The molecule has 0 bridgehead atoms. The summed E-state index contributed by atoms with van der Waals surface area (Å²) < 4.78 is 35.8. The fourth-order valence-corrected chi connectivity index (χ4v) is 3.20. The van der Waals surface area contributed by atoms with Gasteiger partial charge in [-0.1, -0.05) is 0 Å². The average Bonchev–Trinajstić information content (AvgIpc) is 2.62. The number of aryl methyl sites for hydroxylation is 1. The number of amides is 1. The van der Waals surface area contributed by atoms with Gasteiger partial charge < -0.3 is 14.8 Å². The first-order valence-electron chi connectivity index (χ1n) is 7.77. The van der Waals surface area contributed by atoms with Gasteiger partial charge in [0.2, 0.25) is 10.0 Å². The third-order valence-electron chi connectivity index (χ3n) is 3.87. The summed E-state index contributed by atoms with van der Waals surface area (Å²) in [5.74, 6) is 0.719. The molecule has 0 aliphatic carbocycles. The van der Waals surface area contributed by atoms with Crippen molar-refractivity contribution in [2.24, 2.45) is 0 Å². The molecule has 26 heavy (non-hydrogen) atoms. The summed E-state index contributed by atoms with van der Waals surface area (Å²) in [4.78, 5) is 12.6. The lowest BCUT2D eigenvalue weighted by Crippen LogP contribution is -2.22. The second-order valence-electron chi connectivity index (χ2n) is 5.79. The van der Waals surface area contributed by atoms with Gasteiger partial charge in [0.1, 0.15) is 0 Å². The van der Waals surface area contributed by atoms with Crippen LogP contribution in [0.4, 0.5) is 5.69 Å². The average molecular weight is 378 g/mol. The maximum atomic E-state index is 12.5. The summed E-state index contributed by atoms with van der Waals surface area (Å²) in [7, 11) is 2.43. The molecule has 0 aliphatic rings. The van der Waals surface area contributed by atoms with Crippen LogP contribution in [-0.2, 0) is 10.0 Å². The number of nitrogens with one attached hydrogen (secondary N) is 1. The highest BCUT2D eigenvalue weighted by atomic mass is 32.2. The molecule has 0 spiro atoms. The highest BCUT2D eigenvalue weighted by Gasteiger charge is 2.18. The normalized spacial score (nSPS) is 11.3. The maximum Gasteiger partial charge on any atom is 0.255 e. The quantitative estimate of drug-likeness (QED) is 0.835. The van der Waals surface area contributed by atoms with Crippen molar-refractivity contribution in [1.29, 1.82) is 0 Å². The molecule has 2 aromatic rings. The number of carbonyl (C=O) groups excluding carboxylic acids is 1. The number of rotatable bonds is 6. The van der Waals surface area contributed by atoms with Crippen LogP contribution < -0.4 is 14.8 Å². The molecule has 0 aromatic heterocycles. The van der Waals surface area contributed by atoms with E-state index in [9.17, 15) is 13.2 Å². The Morgan fingerprint density at radius 2 is 1.54 bits per heavy atom. The molecule has 0 aliphatic heterocycles. The van der Waals surface area contributed by atoms with Gasteiger partial charge in [0.05, 0.1) is 19.1 Å². The van der Waals surface area contributed by atoms with Crippen LogP contribution in [0, 0.1) is 6.92 Å². The van der Waals surface area contributed by atoms with E-state index in [1.54, 1.807) is 19.2 Å². The second-order valence-corrected chi connectivity index (χ2v) is 7.94. The van der Waals surface area contributed by atoms with Gasteiger partial charge in [0, 0.05) is 31.4 Å². The zero-order chi connectivity index (χ0) is 19.5. The van der Waals surface area contributed by atoms with Crippen molar-refractivity contribution in [2.75, 3.05) is 33.6 Å².